The molecule has 8 nitrogen and oxygen atoms in total. The topological polar surface area (TPSA) is 99.5 Å². The number of thioether (sulfide) groups is 1. The fourth-order valence-corrected chi connectivity index (χ4v) is 8.95. The molecule has 0 atom stereocenters. The zero-order valence-electron chi connectivity index (χ0n) is 28.5. The number of anilines is 1. The maximum atomic E-state index is 13.4. The molecule has 0 fully saturated rings. The van der Waals surface area contributed by atoms with Crippen molar-refractivity contribution in [2.24, 2.45) is 0 Å². The Balaban J connectivity index is 0.000000318. The first-order valence-corrected chi connectivity index (χ1v) is 19.5. The summed E-state index contributed by atoms with van der Waals surface area (Å²) in [5.74, 6) is 0.746. The fourth-order valence-electron chi connectivity index (χ4n) is 6.25. The summed E-state index contributed by atoms with van der Waals surface area (Å²) in [7, 11) is -2.19. The van der Waals surface area contributed by atoms with Gasteiger partial charge in [0.05, 0.1) is 31.6 Å². The zero-order chi connectivity index (χ0) is 35.9. The third-order valence-corrected chi connectivity index (χ3v) is 12.1. The van der Waals surface area contributed by atoms with Crippen molar-refractivity contribution >= 4 is 83.7 Å². The molecule has 0 N–H and O–H groups in total. The largest absolute Gasteiger partial charge is 0.744 e. The zero-order valence-corrected chi connectivity index (χ0v) is 30.9. The van der Waals surface area contributed by atoms with Gasteiger partial charge >= 0.3 is 5.89 Å². The number of hydrogen-bond donors (Lipinski definition) is 0. The molecule has 0 radical (unpaired) electrons. The minimum absolute atomic E-state index is 0.0221. The van der Waals surface area contributed by atoms with E-state index in [4.69, 9.17) is 4.42 Å². The number of hydrogen-bond acceptors (Lipinski definition) is 8. The summed E-state index contributed by atoms with van der Waals surface area (Å²) in [4.78, 5) is 16.7. The van der Waals surface area contributed by atoms with Crippen LogP contribution in [0.25, 0.3) is 44.8 Å². The van der Waals surface area contributed by atoms with Crippen molar-refractivity contribution in [3.63, 3.8) is 0 Å². The molecule has 0 saturated heterocycles. The summed E-state index contributed by atoms with van der Waals surface area (Å²) in [5.41, 5.74) is 4.07. The van der Waals surface area contributed by atoms with Crippen molar-refractivity contribution in [3.8, 4) is 0 Å². The molecule has 0 saturated carbocycles. The lowest BCUT2D eigenvalue weighted by atomic mass is 10.1. The molecule has 11 heteroatoms. The van der Waals surface area contributed by atoms with Crippen molar-refractivity contribution in [2.75, 3.05) is 11.9 Å². The van der Waals surface area contributed by atoms with Crippen LogP contribution in [0.2, 0.25) is 0 Å². The lowest BCUT2D eigenvalue weighted by Gasteiger charge is -2.13. The highest BCUT2D eigenvalue weighted by Gasteiger charge is 2.24. The molecule has 7 aromatic rings. The van der Waals surface area contributed by atoms with Gasteiger partial charge in [0, 0.05) is 18.5 Å². The minimum Gasteiger partial charge on any atom is -0.744 e. The van der Waals surface area contributed by atoms with Crippen molar-refractivity contribution in [1.82, 2.24) is 4.57 Å². The molecule has 8 rings (SSSR count). The highest BCUT2D eigenvalue weighted by atomic mass is 32.2. The summed E-state index contributed by atoms with van der Waals surface area (Å²) in [6.07, 6.45) is 6.04. The number of oxazole rings is 1. The average molecular weight is 734 g/mol. The molecule has 0 unspecified atom stereocenters. The molecule has 0 aliphatic carbocycles. The third-order valence-electron chi connectivity index (χ3n) is 8.87. The van der Waals surface area contributed by atoms with Gasteiger partial charge in [-0.2, -0.15) is 4.57 Å². The molecule has 5 aromatic carbocycles. The fraction of sp³-hybridized carbons (Fsp3) is 0.150. The molecule has 1 aliphatic rings. The average Bonchev–Trinajstić information content (AvgIpc) is 3.76. The molecular formula is C40H35N3O5S3. The van der Waals surface area contributed by atoms with Gasteiger partial charge in [-0.1, -0.05) is 84.1 Å². The van der Waals surface area contributed by atoms with Crippen LogP contribution >= 0.6 is 23.1 Å². The van der Waals surface area contributed by atoms with Crippen molar-refractivity contribution in [3.05, 3.63) is 139 Å². The molecular weight excluding hydrogens is 699 g/mol. The van der Waals surface area contributed by atoms with Crippen LogP contribution in [-0.4, -0.2) is 24.6 Å². The van der Waals surface area contributed by atoms with E-state index in [0.29, 0.717) is 11.1 Å². The third kappa shape index (κ3) is 6.65. The maximum absolute atomic E-state index is 13.4. The molecule has 258 valence electrons. The van der Waals surface area contributed by atoms with Crippen LogP contribution in [0, 0.1) is 6.92 Å². The molecule has 2 aromatic heterocycles. The van der Waals surface area contributed by atoms with Crippen LogP contribution in [-0.2, 0) is 23.2 Å². The molecule has 1 aliphatic heterocycles. The second-order valence-electron chi connectivity index (χ2n) is 12.1. The minimum atomic E-state index is -4.27. The Morgan fingerprint density at radius 1 is 0.863 bits per heavy atom. The van der Waals surface area contributed by atoms with E-state index in [1.165, 1.54) is 50.2 Å². The summed E-state index contributed by atoms with van der Waals surface area (Å²) >= 11 is 3.25. The Morgan fingerprint density at radius 2 is 1.53 bits per heavy atom. The number of rotatable bonds is 5. The Kier molecular flexibility index (Phi) is 9.47. The van der Waals surface area contributed by atoms with Gasteiger partial charge in [0.1, 0.15) is 21.3 Å². The lowest BCUT2D eigenvalue weighted by molar-refractivity contribution is -0.673. The maximum Gasteiger partial charge on any atom is 0.377 e. The second kappa shape index (κ2) is 14.0. The number of fused-ring (bicyclic) bond motifs is 6. The SMILES string of the molecule is CCn1c(=O)/c(=C/C=C2\Sc3c(ccc4ccccc34)N2C)s/c1=C/c1oc2ccc3ccccc3c2[n+]1CC.Cc1ccc(S(=O)(=O)[O-])cc1. The summed E-state index contributed by atoms with van der Waals surface area (Å²) in [5, 5.41) is 5.93. The Labute approximate surface area is 303 Å². The number of aryl methyl sites for hydroxylation is 2. The van der Waals surface area contributed by atoms with Gasteiger partial charge < -0.3 is 13.9 Å². The van der Waals surface area contributed by atoms with E-state index in [2.05, 4.69) is 96.2 Å². The van der Waals surface area contributed by atoms with Gasteiger partial charge in [0.2, 0.25) is 5.58 Å². The predicted molar refractivity (Wildman–Crippen MR) is 207 cm³/mol. The number of allylic oxidation sites excluding steroid dienone is 1. The number of nitrogens with zero attached hydrogens (tertiary/aromatic N) is 3. The highest BCUT2D eigenvalue weighted by Crippen LogP contribution is 2.48. The Morgan fingerprint density at radius 3 is 2.22 bits per heavy atom. The molecule has 0 bridgehead atoms. The summed E-state index contributed by atoms with van der Waals surface area (Å²) < 4.78 is 43.1. The molecule has 51 heavy (non-hydrogen) atoms. The lowest BCUT2D eigenvalue weighted by Crippen LogP contribution is -2.35. The number of aromatic nitrogens is 2. The molecule has 0 amide bonds. The van der Waals surface area contributed by atoms with Crippen LogP contribution in [0.4, 0.5) is 5.69 Å². The van der Waals surface area contributed by atoms with E-state index in [1.807, 2.05) is 36.6 Å². The van der Waals surface area contributed by atoms with E-state index in [1.54, 1.807) is 23.9 Å². The van der Waals surface area contributed by atoms with Crippen LogP contribution < -0.4 is 24.2 Å². The van der Waals surface area contributed by atoms with Gasteiger partial charge in [-0.05, 0) is 79.4 Å². The smallest absolute Gasteiger partial charge is 0.377 e. The monoisotopic (exact) mass is 733 g/mol. The second-order valence-corrected chi connectivity index (χ2v) is 15.5. The van der Waals surface area contributed by atoms with Gasteiger partial charge in [-0.3, -0.25) is 9.36 Å². The summed E-state index contributed by atoms with van der Waals surface area (Å²) in [6.45, 7) is 7.31. The van der Waals surface area contributed by atoms with Crippen molar-refractivity contribution in [1.29, 1.82) is 0 Å². The quantitative estimate of drug-likeness (QED) is 0.141. The van der Waals surface area contributed by atoms with E-state index >= 15 is 0 Å². The normalized spacial score (nSPS) is 14.5. The Hall–Kier alpha value is -4.94. The number of thiazole rings is 1. The van der Waals surface area contributed by atoms with Gasteiger partial charge in [0.25, 0.3) is 11.1 Å². The van der Waals surface area contributed by atoms with Crippen LogP contribution in [0.5, 0.6) is 0 Å². The highest BCUT2D eigenvalue weighted by molar-refractivity contribution is 8.04. The van der Waals surface area contributed by atoms with Gasteiger partial charge in [-0.25, -0.2) is 8.42 Å². The first-order valence-electron chi connectivity index (χ1n) is 16.5. The van der Waals surface area contributed by atoms with E-state index in [0.717, 1.165) is 44.2 Å². The van der Waals surface area contributed by atoms with E-state index in [9.17, 15) is 17.8 Å². The predicted octanol–water partition coefficient (Wildman–Crippen LogP) is 6.88. The standard InChI is InChI=1S/C33H28N3O2S2.C7H8O3S/c1-4-35-28(38-26-17-15-21-10-6-8-12-23(21)31(26)35)20-30-36(5-2)33(37)27(39-30)18-19-29-34(3)25-16-14-22-11-7-9-13-24(22)32(25)40-29;1-6-2-4-7(5-3-6)11(8,9)10/h6-20H,4-5H2,1-3H3;2-5H,1H3,(H,8,9,10)/q+1;/p-1/b27-18-,29-19-;. The number of benzene rings is 5. The van der Waals surface area contributed by atoms with E-state index in [-0.39, 0.29) is 10.5 Å². The van der Waals surface area contributed by atoms with E-state index < -0.39 is 10.1 Å². The van der Waals surface area contributed by atoms with Gasteiger partial charge in [0.15, 0.2) is 0 Å². The van der Waals surface area contributed by atoms with Crippen molar-refractivity contribution < 1.29 is 22.0 Å². The van der Waals surface area contributed by atoms with Gasteiger partial charge in [-0.15, -0.1) is 11.3 Å². The first kappa shape index (κ1) is 34.5. The summed E-state index contributed by atoms with van der Waals surface area (Å²) in [6, 6.07) is 31.1. The van der Waals surface area contributed by atoms with Crippen LogP contribution in [0.3, 0.4) is 0 Å². The molecule has 3 heterocycles. The van der Waals surface area contributed by atoms with Crippen LogP contribution in [0.15, 0.2) is 127 Å². The Bertz CT molecular complexity index is 2780. The molecule has 0 spiro atoms. The van der Waals surface area contributed by atoms with Crippen LogP contribution in [0.1, 0.15) is 25.3 Å². The van der Waals surface area contributed by atoms with Crippen molar-refractivity contribution in [2.45, 2.75) is 43.7 Å². The first-order chi connectivity index (χ1) is 24.6.